The van der Waals surface area contributed by atoms with Crippen LogP contribution in [-0.2, 0) is 9.53 Å². The number of amides is 1. The minimum absolute atomic E-state index is 0.0390. The summed E-state index contributed by atoms with van der Waals surface area (Å²) >= 11 is 1.33. The second-order valence-electron chi connectivity index (χ2n) is 3.59. The fraction of sp³-hybridized carbons (Fsp3) is 0.385. The Morgan fingerprint density at radius 1 is 1.37 bits per heavy atom. The number of ether oxygens (including phenoxy) is 1. The third-order valence-corrected chi connectivity index (χ3v) is 3.10. The van der Waals surface area contributed by atoms with Crippen molar-refractivity contribution < 1.29 is 19.4 Å². The van der Waals surface area contributed by atoms with Crippen molar-refractivity contribution in [1.29, 1.82) is 0 Å². The van der Waals surface area contributed by atoms with Crippen LogP contribution in [0.25, 0.3) is 0 Å². The molecule has 1 rings (SSSR count). The minimum atomic E-state index is -0.457. The van der Waals surface area contributed by atoms with Gasteiger partial charge in [-0.25, -0.2) is 4.79 Å². The van der Waals surface area contributed by atoms with Crippen LogP contribution in [0.4, 0.5) is 5.69 Å². The molecule has 0 spiro atoms. The molecule has 1 amide bonds. The fourth-order valence-corrected chi connectivity index (χ4v) is 1.93. The normalized spacial score (nSPS) is 10.0. The van der Waals surface area contributed by atoms with Gasteiger partial charge in [0, 0.05) is 5.75 Å². The Morgan fingerprint density at radius 2 is 2.11 bits per heavy atom. The number of carbonyl (C=O) groups is 2. The zero-order valence-electron chi connectivity index (χ0n) is 10.7. The van der Waals surface area contributed by atoms with Gasteiger partial charge in [-0.2, -0.15) is 0 Å². The van der Waals surface area contributed by atoms with Gasteiger partial charge < -0.3 is 15.2 Å². The largest absolute Gasteiger partial charge is 0.462 e. The first kappa shape index (κ1) is 15.5. The van der Waals surface area contributed by atoms with E-state index in [4.69, 9.17) is 9.84 Å². The molecule has 0 aliphatic carbocycles. The second-order valence-corrected chi connectivity index (χ2v) is 4.70. The molecule has 0 unspecified atom stereocenters. The van der Waals surface area contributed by atoms with E-state index in [0.717, 1.165) is 0 Å². The lowest BCUT2D eigenvalue weighted by atomic mass is 10.2. The van der Waals surface area contributed by atoms with E-state index in [1.54, 1.807) is 31.2 Å². The third kappa shape index (κ3) is 5.32. The van der Waals surface area contributed by atoms with Crippen LogP contribution in [0.15, 0.2) is 24.3 Å². The molecule has 0 atom stereocenters. The number of rotatable bonds is 7. The lowest BCUT2D eigenvalue weighted by Crippen LogP contribution is -2.17. The molecule has 0 aliphatic heterocycles. The molecule has 19 heavy (non-hydrogen) atoms. The summed E-state index contributed by atoms with van der Waals surface area (Å²) in [5, 5.41) is 11.3. The summed E-state index contributed by atoms with van der Waals surface area (Å²) in [6, 6.07) is 6.71. The van der Waals surface area contributed by atoms with Crippen molar-refractivity contribution in [1.82, 2.24) is 0 Å². The van der Waals surface area contributed by atoms with Gasteiger partial charge in [0.2, 0.25) is 5.91 Å². The average molecular weight is 283 g/mol. The number of hydrogen-bond acceptors (Lipinski definition) is 5. The van der Waals surface area contributed by atoms with Crippen LogP contribution in [0.1, 0.15) is 17.3 Å². The van der Waals surface area contributed by atoms with E-state index in [9.17, 15) is 9.59 Å². The summed E-state index contributed by atoms with van der Waals surface area (Å²) in [6.07, 6.45) is 0. The molecule has 1 aromatic carbocycles. The number of anilines is 1. The molecule has 2 N–H and O–H groups in total. The Labute approximate surface area is 116 Å². The predicted molar refractivity (Wildman–Crippen MR) is 75.4 cm³/mol. The van der Waals surface area contributed by atoms with E-state index in [1.807, 2.05) is 0 Å². The Bertz CT molecular complexity index is 436. The lowest BCUT2D eigenvalue weighted by molar-refractivity contribution is -0.113. The van der Waals surface area contributed by atoms with Crippen LogP contribution in [0, 0.1) is 0 Å². The smallest absolute Gasteiger partial charge is 0.340 e. The highest BCUT2D eigenvalue weighted by molar-refractivity contribution is 7.99. The number of esters is 1. The van der Waals surface area contributed by atoms with Crippen molar-refractivity contribution in [3.8, 4) is 0 Å². The molecule has 0 radical (unpaired) electrons. The molecule has 104 valence electrons. The summed E-state index contributed by atoms with van der Waals surface area (Å²) in [5.74, 6) is 0.0709. The van der Waals surface area contributed by atoms with Gasteiger partial charge in [0.15, 0.2) is 0 Å². The van der Waals surface area contributed by atoms with Crippen LogP contribution < -0.4 is 5.32 Å². The van der Waals surface area contributed by atoms with Gasteiger partial charge in [-0.3, -0.25) is 4.79 Å². The van der Waals surface area contributed by atoms with Gasteiger partial charge in [-0.05, 0) is 19.1 Å². The maximum Gasteiger partial charge on any atom is 0.340 e. The number of aliphatic hydroxyl groups is 1. The van der Waals surface area contributed by atoms with Crippen LogP contribution >= 0.6 is 11.8 Å². The molecular formula is C13H17NO4S. The maximum absolute atomic E-state index is 11.7. The molecule has 0 bridgehead atoms. The van der Waals surface area contributed by atoms with E-state index in [2.05, 4.69) is 5.32 Å². The Balaban J connectivity index is 2.67. The van der Waals surface area contributed by atoms with E-state index >= 15 is 0 Å². The summed E-state index contributed by atoms with van der Waals surface area (Å²) in [4.78, 5) is 23.3. The molecule has 0 saturated carbocycles. The highest BCUT2D eigenvalue weighted by atomic mass is 32.2. The maximum atomic E-state index is 11.7. The van der Waals surface area contributed by atoms with Gasteiger partial charge in [-0.15, -0.1) is 11.8 Å². The van der Waals surface area contributed by atoms with Crippen LogP contribution in [0.3, 0.4) is 0 Å². The van der Waals surface area contributed by atoms with Crippen molar-refractivity contribution >= 4 is 29.3 Å². The number of nitrogens with one attached hydrogen (secondary N) is 1. The lowest BCUT2D eigenvalue weighted by Gasteiger charge is -2.10. The molecule has 5 nitrogen and oxygen atoms in total. The van der Waals surface area contributed by atoms with Crippen molar-refractivity contribution in [3.63, 3.8) is 0 Å². The summed E-state index contributed by atoms with van der Waals surface area (Å²) in [5.41, 5.74) is 0.778. The van der Waals surface area contributed by atoms with Gasteiger partial charge in [0.25, 0.3) is 0 Å². The SMILES string of the molecule is CCOC(=O)c1ccccc1NC(=O)CSCCO. The Morgan fingerprint density at radius 3 is 2.79 bits per heavy atom. The quantitative estimate of drug-likeness (QED) is 0.586. The molecule has 0 saturated heterocycles. The highest BCUT2D eigenvalue weighted by Gasteiger charge is 2.13. The van der Waals surface area contributed by atoms with Gasteiger partial charge >= 0.3 is 5.97 Å². The zero-order valence-corrected chi connectivity index (χ0v) is 11.5. The Kier molecular flexibility index (Phi) is 6.99. The zero-order chi connectivity index (χ0) is 14.1. The number of hydrogen-bond donors (Lipinski definition) is 2. The summed E-state index contributed by atoms with van der Waals surface area (Å²) in [6.45, 7) is 2.05. The van der Waals surface area contributed by atoms with Crippen molar-refractivity contribution in [2.75, 3.05) is 30.0 Å². The van der Waals surface area contributed by atoms with E-state index in [1.165, 1.54) is 11.8 Å². The van der Waals surface area contributed by atoms with E-state index in [-0.39, 0.29) is 24.9 Å². The van der Waals surface area contributed by atoms with Crippen LogP contribution in [-0.4, -0.2) is 41.7 Å². The first-order valence-electron chi connectivity index (χ1n) is 5.93. The molecule has 6 heteroatoms. The molecule has 0 fully saturated rings. The van der Waals surface area contributed by atoms with Gasteiger partial charge in [0.1, 0.15) is 0 Å². The van der Waals surface area contributed by atoms with Crippen LogP contribution in [0.5, 0.6) is 0 Å². The van der Waals surface area contributed by atoms with Gasteiger partial charge in [0.05, 0.1) is 30.2 Å². The second kappa shape index (κ2) is 8.55. The van der Waals surface area contributed by atoms with Crippen LogP contribution in [0.2, 0.25) is 0 Å². The first-order valence-corrected chi connectivity index (χ1v) is 7.09. The number of benzene rings is 1. The predicted octanol–water partition coefficient (Wildman–Crippen LogP) is 1.53. The summed E-state index contributed by atoms with van der Waals surface area (Å²) < 4.78 is 4.92. The third-order valence-electron chi connectivity index (χ3n) is 2.17. The molecule has 1 aromatic rings. The van der Waals surface area contributed by atoms with Crippen molar-refractivity contribution in [2.24, 2.45) is 0 Å². The van der Waals surface area contributed by atoms with Crippen molar-refractivity contribution in [3.05, 3.63) is 29.8 Å². The highest BCUT2D eigenvalue weighted by Crippen LogP contribution is 2.16. The molecule has 0 aromatic heterocycles. The number of para-hydroxylation sites is 1. The van der Waals surface area contributed by atoms with E-state index < -0.39 is 5.97 Å². The minimum Gasteiger partial charge on any atom is -0.462 e. The fourth-order valence-electron chi connectivity index (χ4n) is 1.39. The van der Waals surface area contributed by atoms with E-state index in [0.29, 0.717) is 17.0 Å². The Hall–Kier alpha value is -1.53. The number of carbonyl (C=O) groups excluding carboxylic acids is 2. The number of thioether (sulfide) groups is 1. The van der Waals surface area contributed by atoms with Crippen molar-refractivity contribution in [2.45, 2.75) is 6.92 Å². The molecular weight excluding hydrogens is 266 g/mol. The topological polar surface area (TPSA) is 75.6 Å². The average Bonchev–Trinajstić information content (AvgIpc) is 2.40. The molecule has 0 heterocycles. The van der Waals surface area contributed by atoms with Gasteiger partial charge in [-0.1, -0.05) is 12.1 Å². The first-order chi connectivity index (χ1) is 9.19. The molecule has 0 aliphatic rings. The standard InChI is InChI=1S/C13H17NO4S/c1-2-18-13(17)10-5-3-4-6-11(10)14-12(16)9-19-8-7-15/h3-6,15H,2,7-9H2,1H3,(H,14,16). The monoisotopic (exact) mass is 283 g/mol. The number of aliphatic hydroxyl groups excluding tert-OH is 1. The summed E-state index contributed by atoms with van der Waals surface area (Å²) in [7, 11) is 0.